The molecule has 2 aromatic carbocycles. The molecule has 0 saturated heterocycles. The molecule has 0 fully saturated rings. The van der Waals surface area contributed by atoms with Gasteiger partial charge in [-0.1, -0.05) is 74.5 Å². The van der Waals surface area contributed by atoms with Crippen molar-refractivity contribution in [2.45, 2.75) is 45.7 Å². The normalized spacial score (nSPS) is 14.4. The van der Waals surface area contributed by atoms with Crippen molar-refractivity contribution in [2.75, 3.05) is 0 Å². The number of hydrogen-bond acceptors (Lipinski definition) is 1. The summed E-state index contributed by atoms with van der Waals surface area (Å²) in [6.45, 7) is 9.10. The van der Waals surface area contributed by atoms with Crippen LogP contribution in [0, 0.1) is 5.92 Å². The second kappa shape index (κ2) is 7.42. The molecule has 2 rings (SSSR count). The SMILES string of the molecule is CC(C)C(C)NC(C)C(c1ccccc1)c1ccccc1. The topological polar surface area (TPSA) is 12.0 Å². The van der Waals surface area contributed by atoms with E-state index in [0.717, 1.165) is 0 Å². The van der Waals surface area contributed by atoms with Crippen LogP contribution in [0.2, 0.25) is 0 Å². The lowest BCUT2D eigenvalue weighted by Crippen LogP contribution is -2.41. The van der Waals surface area contributed by atoms with Gasteiger partial charge in [-0.25, -0.2) is 0 Å². The van der Waals surface area contributed by atoms with Gasteiger partial charge in [0.25, 0.3) is 0 Å². The Morgan fingerprint density at radius 3 is 1.43 bits per heavy atom. The van der Waals surface area contributed by atoms with Gasteiger partial charge in [-0.05, 0) is 30.9 Å². The van der Waals surface area contributed by atoms with Gasteiger partial charge in [0.2, 0.25) is 0 Å². The highest BCUT2D eigenvalue weighted by Gasteiger charge is 2.23. The minimum atomic E-state index is 0.383. The Hall–Kier alpha value is -1.60. The Kier molecular flexibility index (Phi) is 5.58. The minimum Gasteiger partial charge on any atom is -0.311 e. The van der Waals surface area contributed by atoms with Gasteiger partial charge in [0.15, 0.2) is 0 Å². The molecule has 0 radical (unpaired) electrons. The van der Waals surface area contributed by atoms with Gasteiger partial charge in [-0.2, -0.15) is 0 Å². The van der Waals surface area contributed by atoms with Crippen LogP contribution in [-0.4, -0.2) is 12.1 Å². The molecule has 0 saturated carbocycles. The van der Waals surface area contributed by atoms with Crippen LogP contribution in [0.1, 0.15) is 44.7 Å². The molecule has 112 valence electrons. The minimum absolute atomic E-state index is 0.383. The lowest BCUT2D eigenvalue weighted by Gasteiger charge is -2.30. The number of hydrogen-bond donors (Lipinski definition) is 1. The summed E-state index contributed by atoms with van der Waals surface area (Å²) in [5.74, 6) is 1.02. The lowest BCUT2D eigenvalue weighted by molar-refractivity contribution is 0.366. The number of nitrogens with one attached hydrogen (secondary N) is 1. The fourth-order valence-electron chi connectivity index (χ4n) is 2.79. The first-order valence-corrected chi connectivity index (χ1v) is 7.95. The highest BCUT2D eigenvalue weighted by atomic mass is 14.9. The second-order valence-electron chi connectivity index (χ2n) is 6.29. The summed E-state index contributed by atoms with van der Waals surface area (Å²) >= 11 is 0. The van der Waals surface area contributed by atoms with Gasteiger partial charge in [0, 0.05) is 18.0 Å². The van der Waals surface area contributed by atoms with E-state index in [4.69, 9.17) is 0 Å². The van der Waals surface area contributed by atoms with E-state index in [-0.39, 0.29) is 0 Å². The van der Waals surface area contributed by atoms with E-state index in [9.17, 15) is 0 Å². The number of benzene rings is 2. The van der Waals surface area contributed by atoms with Crippen molar-refractivity contribution in [3.05, 3.63) is 71.8 Å². The fourth-order valence-corrected chi connectivity index (χ4v) is 2.79. The standard InChI is InChI=1S/C20H27N/c1-15(2)16(3)21-17(4)20(18-11-7-5-8-12-18)19-13-9-6-10-14-19/h5-17,20-21H,1-4H3. The molecule has 2 atom stereocenters. The van der Waals surface area contributed by atoms with Crippen LogP contribution in [-0.2, 0) is 0 Å². The Bertz CT molecular complexity index is 479. The van der Waals surface area contributed by atoms with Gasteiger partial charge in [0.1, 0.15) is 0 Å². The Morgan fingerprint density at radius 2 is 1.05 bits per heavy atom. The van der Waals surface area contributed by atoms with Crippen LogP contribution >= 0.6 is 0 Å². The maximum absolute atomic E-state index is 3.78. The lowest BCUT2D eigenvalue weighted by atomic mass is 9.85. The molecule has 0 aliphatic carbocycles. The first-order valence-electron chi connectivity index (χ1n) is 7.95. The van der Waals surface area contributed by atoms with E-state index in [1.54, 1.807) is 0 Å². The molecule has 0 aliphatic rings. The monoisotopic (exact) mass is 281 g/mol. The zero-order valence-electron chi connectivity index (χ0n) is 13.6. The van der Waals surface area contributed by atoms with Crippen LogP contribution in [0.3, 0.4) is 0 Å². The third-order valence-corrected chi connectivity index (χ3v) is 4.34. The van der Waals surface area contributed by atoms with Gasteiger partial charge in [-0.3, -0.25) is 0 Å². The van der Waals surface area contributed by atoms with Gasteiger partial charge < -0.3 is 5.32 Å². The predicted octanol–water partition coefficient (Wildman–Crippen LogP) is 4.84. The summed E-state index contributed by atoms with van der Waals surface area (Å²) in [6, 6.07) is 22.5. The Labute approximate surface area is 129 Å². The summed E-state index contributed by atoms with van der Waals surface area (Å²) in [5, 5.41) is 3.78. The van der Waals surface area contributed by atoms with E-state index in [0.29, 0.717) is 23.9 Å². The van der Waals surface area contributed by atoms with E-state index >= 15 is 0 Å². The molecule has 2 unspecified atom stereocenters. The van der Waals surface area contributed by atoms with E-state index < -0.39 is 0 Å². The fraction of sp³-hybridized carbons (Fsp3) is 0.400. The largest absolute Gasteiger partial charge is 0.311 e. The van der Waals surface area contributed by atoms with Crippen LogP contribution in [0.5, 0.6) is 0 Å². The average Bonchev–Trinajstić information content (AvgIpc) is 2.49. The van der Waals surface area contributed by atoms with Crippen LogP contribution < -0.4 is 5.32 Å². The van der Waals surface area contributed by atoms with Crippen molar-refractivity contribution >= 4 is 0 Å². The van der Waals surface area contributed by atoms with Crippen molar-refractivity contribution in [1.29, 1.82) is 0 Å². The molecule has 0 heterocycles. The molecule has 0 aromatic heterocycles. The predicted molar refractivity (Wildman–Crippen MR) is 91.6 cm³/mol. The third-order valence-electron chi connectivity index (χ3n) is 4.34. The Morgan fingerprint density at radius 1 is 0.619 bits per heavy atom. The summed E-state index contributed by atoms with van der Waals surface area (Å²) < 4.78 is 0. The zero-order chi connectivity index (χ0) is 15.2. The van der Waals surface area contributed by atoms with Gasteiger partial charge in [-0.15, -0.1) is 0 Å². The average molecular weight is 281 g/mol. The summed E-state index contributed by atoms with van der Waals surface area (Å²) in [7, 11) is 0. The molecule has 1 nitrogen and oxygen atoms in total. The van der Waals surface area contributed by atoms with E-state index in [1.807, 2.05) is 0 Å². The van der Waals surface area contributed by atoms with Crippen LogP contribution in [0.25, 0.3) is 0 Å². The molecule has 2 aromatic rings. The van der Waals surface area contributed by atoms with Gasteiger partial charge >= 0.3 is 0 Å². The molecular weight excluding hydrogens is 254 g/mol. The van der Waals surface area contributed by atoms with E-state index in [1.165, 1.54) is 11.1 Å². The Balaban J connectivity index is 2.29. The highest BCUT2D eigenvalue weighted by molar-refractivity contribution is 5.34. The molecule has 0 amide bonds. The summed E-state index contributed by atoms with van der Waals surface area (Å²) in [5.41, 5.74) is 2.75. The summed E-state index contributed by atoms with van der Waals surface area (Å²) in [6.07, 6.45) is 0. The molecular formula is C20H27N. The molecule has 1 N–H and O–H groups in total. The first-order chi connectivity index (χ1) is 10.1. The molecule has 1 heteroatoms. The van der Waals surface area contributed by atoms with Crippen molar-refractivity contribution < 1.29 is 0 Å². The maximum Gasteiger partial charge on any atom is 0.0240 e. The number of rotatable bonds is 6. The maximum atomic E-state index is 3.78. The smallest absolute Gasteiger partial charge is 0.0240 e. The third kappa shape index (κ3) is 4.18. The van der Waals surface area contributed by atoms with E-state index in [2.05, 4.69) is 93.7 Å². The molecule has 0 bridgehead atoms. The van der Waals surface area contributed by atoms with Crippen molar-refractivity contribution in [3.8, 4) is 0 Å². The summed E-state index contributed by atoms with van der Waals surface area (Å²) in [4.78, 5) is 0. The van der Waals surface area contributed by atoms with Crippen LogP contribution in [0.4, 0.5) is 0 Å². The molecule has 0 spiro atoms. The first kappa shape index (κ1) is 15.8. The van der Waals surface area contributed by atoms with Crippen molar-refractivity contribution in [3.63, 3.8) is 0 Å². The molecule has 0 aliphatic heterocycles. The van der Waals surface area contributed by atoms with Crippen molar-refractivity contribution in [1.82, 2.24) is 5.32 Å². The molecule has 21 heavy (non-hydrogen) atoms. The quantitative estimate of drug-likeness (QED) is 0.799. The van der Waals surface area contributed by atoms with Crippen molar-refractivity contribution in [2.24, 2.45) is 5.92 Å². The van der Waals surface area contributed by atoms with Crippen LogP contribution in [0.15, 0.2) is 60.7 Å². The highest BCUT2D eigenvalue weighted by Crippen LogP contribution is 2.28. The second-order valence-corrected chi connectivity index (χ2v) is 6.29. The van der Waals surface area contributed by atoms with Gasteiger partial charge in [0.05, 0.1) is 0 Å². The zero-order valence-corrected chi connectivity index (χ0v) is 13.6.